The first kappa shape index (κ1) is 16.3. The lowest BCUT2D eigenvalue weighted by atomic mass is 10.0. The van der Waals surface area contributed by atoms with Crippen LogP contribution in [-0.4, -0.2) is 22.4 Å². The van der Waals surface area contributed by atoms with Crippen molar-refractivity contribution in [2.45, 2.75) is 32.2 Å². The third-order valence-corrected chi connectivity index (χ3v) is 3.98. The molecule has 0 bridgehead atoms. The first-order valence-electron chi connectivity index (χ1n) is 7.98. The largest absolute Gasteiger partial charge is 0.490 e. The second-order valence-electron chi connectivity index (χ2n) is 6.20. The average molecular weight is 332 g/mol. The maximum Gasteiger partial charge on any atom is 0.319 e. The molecule has 2 heterocycles. The Bertz CT molecular complexity index is 757. The Morgan fingerprint density at radius 3 is 3.00 bits per heavy atom. The Morgan fingerprint density at radius 1 is 1.46 bits per heavy atom. The minimum Gasteiger partial charge on any atom is -0.490 e. The number of nitrogens with one attached hydrogen (secondary N) is 2. The molecule has 6 nitrogen and oxygen atoms in total. The maximum absolute atomic E-state index is 13.8. The summed E-state index contributed by atoms with van der Waals surface area (Å²) in [4.78, 5) is 12.4. The van der Waals surface area contributed by atoms with E-state index in [4.69, 9.17) is 4.74 Å². The normalized spacial score (nSPS) is 16.5. The lowest BCUT2D eigenvalue weighted by molar-refractivity contribution is 0.227. The molecular formula is C17H21FN4O2. The molecule has 24 heavy (non-hydrogen) atoms. The summed E-state index contributed by atoms with van der Waals surface area (Å²) in [6, 6.07) is 4.11. The SMILES string of the molecule is CC(C)c1nn(C)cc1NC(=O)N[C@H]1CCOc2c(F)cccc21. The van der Waals surface area contributed by atoms with Crippen LogP contribution >= 0.6 is 0 Å². The van der Waals surface area contributed by atoms with Crippen LogP contribution in [0.25, 0.3) is 0 Å². The van der Waals surface area contributed by atoms with Crippen molar-refractivity contribution < 1.29 is 13.9 Å². The summed E-state index contributed by atoms with van der Waals surface area (Å²) >= 11 is 0. The fraction of sp³-hybridized carbons (Fsp3) is 0.412. The molecule has 2 amide bonds. The highest BCUT2D eigenvalue weighted by atomic mass is 19.1. The fourth-order valence-corrected chi connectivity index (χ4v) is 2.88. The number of carbonyl (C=O) groups excluding carboxylic acids is 1. The zero-order valence-corrected chi connectivity index (χ0v) is 14.0. The number of halogens is 1. The van der Waals surface area contributed by atoms with E-state index in [1.165, 1.54) is 6.07 Å². The summed E-state index contributed by atoms with van der Waals surface area (Å²) < 4.78 is 20.9. The van der Waals surface area contributed by atoms with Gasteiger partial charge in [-0.05, 0) is 12.0 Å². The summed E-state index contributed by atoms with van der Waals surface area (Å²) in [6.07, 6.45) is 2.36. The van der Waals surface area contributed by atoms with Crippen molar-refractivity contribution >= 4 is 11.7 Å². The fourth-order valence-electron chi connectivity index (χ4n) is 2.88. The zero-order chi connectivity index (χ0) is 17.3. The number of urea groups is 1. The average Bonchev–Trinajstić information content (AvgIpc) is 2.89. The predicted molar refractivity (Wildman–Crippen MR) is 88.7 cm³/mol. The monoisotopic (exact) mass is 332 g/mol. The number of aryl methyl sites for hydroxylation is 1. The molecular weight excluding hydrogens is 311 g/mol. The van der Waals surface area contributed by atoms with Crippen LogP contribution in [0.5, 0.6) is 5.75 Å². The van der Waals surface area contributed by atoms with Crippen molar-refractivity contribution in [3.8, 4) is 5.75 Å². The highest BCUT2D eigenvalue weighted by Gasteiger charge is 2.25. The van der Waals surface area contributed by atoms with E-state index in [1.807, 2.05) is 20.9 Å². The van der Waals surface area contributed by atoms with Gasteiger partial charge in [-0.15, -0.1) is 0 Å². The Balaban J connectivity index is 1.74. The molecule has 0 fully saturated rings. The number of carbonyl (C=O) groups is 1. The Kier molecular flexibility index (Phi) is 4.42. The van der Waals surface area contributed by atoms with Gasteiger partial charge in [-0.3, -0.25) is 4.68 Å². The second-order valence-corrected chi connectivity index (χ2v) is 6.20. The van der Waals surface area contributed by atoms with E-state index in [9.17, 15) is 9.18 Å². The summed E-state index contributed by atoms with van der Waals surface area (Å²) in [7, 11) is 1.81. The Hall–Kier alpha value is -2.57. The molecule has 0 unspecified atom stereocenters. The van der Waals surface area contributed by atoms with Crippen molar-refractivity contribution in [1.29, 1.82) is 0 Å². The summed E-state index contributed by atoms with van der Waals surface area (Å²) in [5.41, 5.74) is 2.16. The van der Waals surface area contributed by atoms with Crippen molar-refractivity contribution in [2.75, 3.05) is 11.9 Å². The number of nitrogens with zero attached hydrogens (tertiary/aromatic N) is 2. The summed E-state index contributed by atoms with van der Waals surface area (Å²) in [5.74, 6) is 0.00598. The molecule has 1 atom stereocenters. The molecule has 1 aliphatic rings. The molecule has 0 saturated heterocycles. The third kappa shape index (κ3) is 3.20. The first-order chi connectivity index (χ1) is 11.5. The number of aromatic nitrogens is 2. The van der Waals surface area contributed by atoms with E-state index in [-0.39, 0.29) is 23.7 Å². The number of amides is 2. The van der Waals surface area contributed by atoms with Crippen LogP contribution in [0.3, 0.4) is 0 Å². The quantitative estimate of drug-likeness (QED) is 0.906. The van der Waals surface area contributed by atoms with Crippen LogP contribution in [0, 0.1) is 5.82 Å². The summed E-state index contributed by atoms with van der Waals surface area (Å²) in [6.45, 7) is 4.40. The van der Waals surface area contributed by atoms with Crippen LogP contribution in [-0.2, 0) is 7.05 Å². The second kappa shape index (κ2) is 6.51. The smallest absolute Gasteiger partial charge is 0.319 e. The zero-order valence-electron chi connectivity index (χ0n) is 14.0. The van der Waals surface area contributed by atoms with Crippen LogP contribution in [0.15, 0.2) is 24.4 Å². The number of hydrogen-bond acceptors (Lipinski definition) is 3. The Morgan fingerprint density at radius 2 is 2.25 bits per heavy atom. The standard InChI is InChI=1S/C17H21FN4O2/c1-10(2)15-14(9-22(3)21-15)20-17(23)19-13-7-8-24-16-11(13)5-4-6-12(16)18/h4-6,9-10,13H,7-8H2,1-3H3,(H2,19,20,23)/t13-/m0/s1. The van der Waals surface area contributed by atoms with Gasteiger partial charge in [-0.25, -0.2) is 9.18 Å². The molecule has 128 valence electrons. The van der Waals surface area contributed by atoms with E-state index in [0.29, 0.717) is 24.3 Å². The van der Waals surface area contributed by atoms with Gasteiger partial charge in [-0.1, -0.05) is 26.0 Å². The van der Waals surface area contributed by atoms with Crippen molar-refractivity contribution in [3.05, 3.63) is 41.5 Å². The van der Waals surface area contributed by atoms with Crippen molar-refractivity contribution in [3.63, 3.8) is 0 Å². The number of hydrogen-bond donors (Lipinski definition) is 2. The number of para-hydroxylation sites is 1. The van der Waals surface area contributed by atoms with E-state index < -0.39 is 5.82 Å². The lowest BCUT2D eigenvalue weighted by Crippen LogP contribution is -2.35. The molecule has 0 aliphatic carbocycles. The lowest BCUT2D eigenvalue weighted by Gasteiger charge is -2.27. The molecule has 0 spiro atoms. The molecule has 2 N–H and O–H groups in total. The van der Waals surface area contributed by atoms with Crippen molar-refractivity contribution in [1.82, 2.24) is 15.1 Å². The van der Waals surface area contributed by atoms with E-state index >= 15 is 0 Å². The molecule has 1 aromatic carbocycles. The van der Waals surface area contributed by atoms with Gasteiger partial charge >= 0.3 is 6.03 Å². The molecule has 2 aromatic rings. The minimum atomic E-state index is -0.409. The van der Waals surface area contributed by atoms with Gasteiger partial charge in [-0.2, -0.15) is 5.10 Å². The molecule has 1 aliphatic heterocycles. The molecule has 0 saturated carbocycles. The number of fused-ring (bicyclic) bond motifs is 1. The van der Waals surface area contributed by atoms with E-state index in [1.54, 1.807) is 23.0 Å². The summed E-state index contributed by atoms with van der Waals surface area (Å²) in [5, 5.41) is 10.1. The van der Waals surface area contributed by atoms with Gasteiger partial charge in [0.05, 0.1) is 24.0 Å². The Labute approximate surface area is 140 Å². The van der Waals surface area contributed by atoms with Gasteiger partial charge in [0.15, 0.2) is 11.6 Å². The van der Waals surface area contributed by atoms with Gasteiger partial charge in [0.2, 0.25) is 0 Å². The van der Waals surface area contributed by atoms with Crippen LogP contribution in [0.1, 0.15) is 43.5 Å². The van der Waals surface area contributed by atoms with Crippen LogP contribution in [0.2, 0.25) is 0 Å². The number of anilines is 1. The van der Waals surface area contributed by atoms with Crippen molar-refractivity contribution in [2.24, 2.45) is 7.05 Å². The molecule has 3 rings (SSSR count). The molecule has 7 heteroatoms. The van der Waals surface area contributed by atoms with Gasteiger partial charge < -0.3 is 15.4 Å². The minimum absolute atomic E-state index is 0.194. The topological polar surface area (TPSA) is 68.2 Å². The highest BCUT2D eigenvalue weighted by Crippen LogP contribution is 2.34. The number of benzene rings is 1. The third-order valence-electron chi connectivity index (χ3n) is 3.98. The van der Waals surface area contributed by atoms with Crippen LogP contribution in [0.4, 0.5) is 14.9 Å². The maximum atomic E-state index is 13.8. The predicted octanol–water partition coefficient (Wildman–Crippen LogP) is 3.33. The van der Waals surface area contributed by atoms with E-state index in [0.717, 1.165) is 5.69 Å². The molecule has 0 radical (unpaired) electrons. The van der Waals surface area contributed by atoms with Gasteiger partial charge in [0.1, 0.15) is 0 Å². The van der Waals surface area contributed by atoms with Crippen LogP contribution < -0.4 is 15.4 Å². The number of ether oxygens (including phenoxy) is 1. The van der Waals surface area contributed by atoms with Gasteiger partial charge in [0, 0.05) is 25.2 Å². The van der Waals surface area contributed by atoms with E-state index in [2.05, 4.69) is 15.7 Å². The highest BCUT2D eigenvalue weighted by molar-refractivity contribution is 5.90. The van der Waals surface area contributed by atoms with Gasteiger partial charge in [0.25, 0.3) is 0 Å². The number of rotatable bonds is 3. The molecule has 1 aromatic heterocycles. The first-order valence-corrected chi connectivity index (χ1v) is 7.98.